The number of carbonyl (C=O) groups excluding carboxylic acids is 3. The van der Waals surface area contributed by atoms with Crippen molar-refractivity contribution < 1.29 is 45.8 Å². The number of nitrogens with two attached hydrogens (primary N) is 2. The summed E-state index contributed by atoms with van der Waals surface area (Å²) in [6.07, 6.45) is -6.84. The second-order valence-corrected chi connectivity index (χ2v) is 8.67. The minimum atomic E-state index is -4.96. The molecule has 0 bridgehead atoms. The first kappa shape index (κ1) is 28.7. The normalized spacial score (nSPS) is 23.1. The molecule has 1 saturated heterocycles. The number of benzene rings is 1. The molecule has 15 heteroatoms. The van der Waals surface area contributed by atoms with Crippen molar-refractivity contribution in [2.45, 2.75) is 37.6 Å². The van der Waals surface area contributed by atoms with Crippen LogP contribution in [0.2, 0.25) is 0 Å². The fourth-order valence-corrected chi connectivity index (χ4v) is 4.24. The molecule has 2 aromatic rings. The van der Waals surface area contributed by atoms with Gasteiger partial charge >= 0.3 is 6.18 Å². The molecule has 38 heavy (non-hydrogen) atoms. The Morgan fingerprint density at radius 1 is 1.18 bits per heavy atom. The van der Waals surface area contributed by atoms with Crippen LogP contribution in [0, 0.1) is 17.6 Å². The number of primary amides is 1. The molecular weight excluding hydrogens is 521 g/mol. The average Bonchev–Trinajstić information content (AvgIpc) is 3.12. The Hall–Kier alpha value is -3.85. The Kier molecular flexibility index (Phi) is 7.93. The van der Waals surface area contributed by atoms with Gasteiger partial charge in [-0.15, -0.1) is 0 Å². The summed E-state index contributed by atoms with van der Waals surface area (Å²) >= 11 is 0. The molecule has 206 valence electrons. The van der Waals surface area contributed by atoms with Gasteiger partial charge in [0.05, 0.1) is 13.7 Å². The van der Waals surface area contributed by atoms with Gasteiger partial charge in [0, 0.05) is 29.2 Å². The van der Waals surface area contributed by atoms with E-state index >= 15 is 0 Å². The molecule has 3 rings (SSSR count). The Morgan fingerprint density at radius 3 is 2.39 bits per heavy atom. The van der Waals surface area contributed by atoms with E-state index in [4.69, 9.17) is 20.9 Å². The van der Waals surface area contributed by atoms with Crippen molar-refractivity contribution in [3.05, 3.63) is 47.2 Å². The van der Waals surface area contributed by atoms with Gasteiger partial charge in [0.1, 0.15) is 17.6 Å². The molecule has 1 aromatic carbocycles. The van der Waals surface area contributed by atoms with Crippen LogP contribution < -0.4 is 26.8 Å². The summed E-state index contributed by atoms with van der Waals surface area (Å²) < 4.78 is 80.8. The molecule has 6 N–H and O–H groups in total. The van der Waals surface area contributed by atoms with Crippen LogP contribution in [0.15, 0.2) is 24.3 Å². The number of ether oxygens (including phenoxy) is 2. The van der Waals surface area contributed by atoms with Crippen LogP contribution in [0.4, 0.5) is 33.5 Å². The third-order valence-electron chi connectivity index (χ3n) is 6.37. The molecule has 3 amide bonds. The van der Waals surface area contributed by atoms with Crippen LogP contribution in [-0.2, 0) is 14.3 Å². The van der Waals surface area contributed by atoms with Crippen molar-refractivity contribution in [3.63, 3.8) is 0 Å². The van der Waals surface area contributed by atoms with E-state index in [0.717, 1.165) is 39.2 Å². The van der Waals surface area contributed by atoms with Gasteiger partial charge in [-0.1, -0.05) is 13.0 Å². The van der Waals surface area contributed by atoms with Gasteiger partial charge in [0.25, 0.3) is 11.8 Å². The number of anilines is 2. The van der Waals surface area contributed by atoms with E-state index < -0.39 is 77.1 Å². The average molecular weight is 545 g/mol. The zero-order valence-corrected chi connectivity index (χ0v) is 20.3. The van der Waals surface area contributed by atoms with E-state index in [1.54, 1.807) is 0 Å². The molecule has 0 radical (unpaired) electrons. The standard InChI is InChI=1S/C23H24F5N5O5/c1-9-16(11-4-5-12(24)17(25)18(11)37-3)19(38-22(9,2)23(26,27)28)21(36)31-10-6-13(20(30)35)32-14(7-10)33-15(34)8-29/h4-7,9,16,19H,8,29H2,1-3H3,(H2,30,35)(H2,31,32,33,34,36)/t9-,16-,19+,22+/m0/s1. The molecule has 0 aliphatic carbocycles. The highest BCUT2D eigenvalue weighted by molar-refractivity contribution is 5.99. The summed E-state index contributed by atoms with van der Waals surface area (Å²) in [4.78, 5) is 40.5. The largest absolute Gasteiger partial charge is 0.493 e. The number of pyridine rings is 1. The molecule has 10 nitrogen and oxygen atoms in total. The lowest BCUT2D eigenvalue weighted by Gasteiger charge is -2.32. The maximum atomic E-state index is 14.5. The summed E-state index contributed by atoms with van der Waals surface area (Å²) in [7, 11) is 0.999. The van der Waals surface area contributed by atoms with Gasteiger partial charge in [-0.3, -0.25) is 14.4 Å². The quantitative estimate of drug-likeness (QED) is 0.389. The predicted molar refractivity (Wildman–Crippen MR) is 123 cm³/mol. The molecule has 1 fully saturated rings. The maximum absolute atomic E-state index is 14.5. The Morgan fingerprint density at radius 2 is 1.84 bits per heavy atom. The highest BCUT2D eigenvalue weighted by Crippen LogP contribution is 2.55. The smallest absolute Gasteiger partial charge is 0.417 e. The zero-order chi connectivity index (χ0) is 28.6. The van der Waals surface area contributed by atoms with Gasteiger partial charge in [-0.2, -0.15) is 17.6 Å². The summed E-state index contributed by atoms with van der Waals surface area (Å²) in [5, 5.41) is 4.58. The third-order valence-corrected chi connectivity index (χ3v) is 6.37. The number of carbonyl (C=O) groups is 3. The van der Waals surface area contributed by atoms with E-state index in [1.807, 2.05) is 0 Å². The molecule has 0 spiro atoms. The fraction of sp³-hybridized carbons (Fsp3) is 0.391. The van der Waals surface area contributed by atoms with Crippen molar-refractivity contribution in [1.82, 2.24) is 4.98 Å². The lowest BCUT2D eigenvalue weighted by atomic mass is 9.77. The van der Waals surface area contributed by atoms with E-state index in [0.29, 0.717) is 6.07 Å². The first-order valence-corrected chi connectivity index (χ1v) is 11.0. The fourth-order valence-electron chi connectivity index (χ4n) is 4.24. The van der Waals surface area contributed by atoms with Gasteiger partial charge in [0.15, 0.2) is 17.2 Å². The number of amides is 3. The molecule has 0 unspecified atom stereocenters. The number of methoxy groups -OCH3 is 1. The van der Waals surface area contributed by atoms with Crippen molar-refractivity contribution in [3.8, 4) is 5.75 Å². The number of hydrogen-bond acceptors (Lipinski definition) is 7. The number of halogens is 5. The van der Waals surface area contributed by atoms with Crippen LogP contribution in [0.1, 0.15) is 35.8 Å². The molecule has 1 aliphatic rings. The van der Waals surface area contributed by atoms with E-state index in [1.165, 1.54) is 0 Å². The molecule has 1 aliphatic heterocycles. The molecule has 2 heterocycles. The number of rotatable bonds is 7. The van der Waals surface area contributed by atoms with Crippen molar-refractivity contribution in [2.75, 3.05) is 24.3 Å². The number of alkyl halides is 3. The summed E-state index contributed by atoms with van der Waals surface area (Å²) in [6.45, 7) is 1.46. The minimum absolute atomic E-state index is 0.181. The molecule has 0 saturated carbocycles. The SMILES string of the molecule is COc1c([C@H]2[C@H](C(=O)Nc3cc(NC(=O)CN)nc(C(N)=O)c3)O[C@@](C)(C(F)(F)F)[C@H]2C)ccc(F)c1F. The Labute approximate surface area is 212 Å². The molecule has 1 aromatic heterocycles. The van der Waals surface area contributed by atoms with Crippen LogP contribution >= 0.6 is 0 Å². The number of aromatic nitrogens is 1. The van der Waals surface area contributed by atoms with Crippen molar-refractivity contribution in [1.29, 1.82) is 0 Å². The van der Waals surface area contributed by atoms with E-state index in [-0.39, 0.29) is 17.1 Å². The van der Waals surface area contributed by atoms with E-state index in [2.05, 4.69) is 15.6 Å². The second-order valence-electron chi connectivity index (χ2n) is 8.67. The topological polar surface area (TPSA) is 159 Å². The van der Waals surface area contributed by atoms with Gasteiger partial charge in [-0.05, 0) is 19.1 Å². The first-order valence-electron chi connectivity index (χ1n) is 11.0. The highest BCUT2D eigenvalue weighted by atomic mass is 19.4. The van der Waals surface area contributed by atoms with Crippen molar-refractivity contribution in [2.24, 2.45) is 17.4 Å². The number of hydrogen-bond donors (Lipinski definition) is 4. The van der Waals surface area contributed by atoms with E-state index in [9.17, 15) is 36.3 Å². The Balaban J connectivity index is 2.08. The molecule has 4 atom stereocenters. The zero-order valence-electron chi connectivity index (χ0n) is 20.3. The number of nitrogens with one attached hydrogen (secondary N) is 2. The second kappa shape index (κ2) is 10.5. The maximum Gasteiger partial charge on any atom is 0.417 e. The molecular formula is C23H24F5N5O5. The number of nitrogens with zero attached hydrogens (tertiary/aromatic N) is 1. The van der Waals surface area contributed by atoms with Gasteiger partial charge in [0.2, 0.25) is 11.7 Å². The third kappa shape index (κ3) is 5.24. The van der Waals surface area contributed by atoms with Gasteiger partial charge < -0.3 is 31.6 Å². The monoisotopic (exact) mass is 545 g/mol. The summed E-state index contributed by atoms with van der Waals surface area (Å²) in [6, 6.07) is 3.84. The first-order chi connectivity index (χ1) is 17.6. The lowest BCUT2D eigenvalue weighted by Crippen LogP contribution is -2.47. The lowest BCUT2D eigenvalue weighted by molar-refractivity contribution is -0.272. The van der Waals surface area contributed by atoms with Gasteiger partial charge in [-0.25, -0.2) is 9.37 Å². The van der Waals surface area contributed by atoms with Crippen LogP contribution in [-0.4, -0.2) is 54.2 Å². The summed E-state index contributed by atoms with van der Waals surface area (Å²) in [5.74, 6) is -9.46. The Bertz CT molecular complexity index is 1270. The van der Waals surface area contributed by atoms with Crippen molar-refractivity contribution >= 4 is 29.2 Å². The minimum Gasteiger partial charge on any atom is -0.493 e. The van der Waals surface area contributed by atoms with Crippen LogP contribution in [0.25, 0.3) is 0 Å². The summed E-state index contributed by atoms with van der Waals surface area (Å²) in [5.41, 5.74) is 6.81. The van der Waals surface area contributed by atoms with Crippen LogP contribution in [0.3, 0.4) is 0 Å². The predicted octanol–water partition coefficient (Wildman–Crippen LogP) is 2.44. The van der Waals surface area contributed by atoms with Crippen LogP contribution in [0.5, 0.6) is 5.75 Å². The highest BCUT2D eigenvalue weighted by Gasteiger charge is 2.65.